The van der Waals surface area contributed by atoms with E-state index in [-0.39, 0.29) is 5.82 Å². The molecule has 0 radical (unpaired) electrons. The lowest BCUT2D eigenvalue weighted by atomic mass is 9.82. The van der Waals surface area contributed by atoms with Gasteiger partial charge >= 0.3 is 0 Å². The Balaban J connectivity index is 1.30. The van der Waals surface area contributed by atoms with Crippen LogP contribution in [0.1, 0.15) is 43.6 Å². The smallest absolute Gasteiger partial charge is 0.128 e. The van der Waals surface area contributed by atoms with E-state index in [9.17, 15) is 4.39 Å². The Morgan fingerprint density at radius 2 is 2.00 bits per heavy atom. The van der Waals surface area contributed by atoms with Crippen LogP contribution in [0.2, 0.25) is 0 Å². The summed E-state index contributed by atoms with van der Waals surface area (Å²) in [7, 11) is 0. The first-order valence-corrected chi connectivity index (χ1v) is 12.3. The van der Waals surface area contributed by atoms with Crippen molar-refractivity contribution in [1.82, 2.24) is 9.71 Å². The van der Waals surface area contributed by atoms with Crippen molar-refractivity contribution in [2.24, 2.45) is 5.92 Å². The maximum atomic E-state index is 13.5. The fraction of sp³-hybridized carbons (Fsp3) is 0.542. The summed E-state index contributed by atoms with van der Waals surface area (Å²) in [6.45, 7) is 2.76. The monoisotopic (exact) mass is 429 g/mol. The second kappa shape index (κ2) is 10.6. The highest BCUT2D eigenvalue weighted by Gasteiger charge is 2.31. The lowest BCUT2D eigenvalue weighted by Gasteiger charge is -2.40. The summed E-state index contributed by atoms with van der Waals surface area (Å²) < 4.78 is 23.5. The number of aromatic nitrogens is 1. The molecule has 1 aromatic heterocycles. The number of halogens is 1. The van der Waals surface area contributed by atoms with E-state index >= 15 is 0 Å². The van der Waals surface area contributed by atoms with E-state index in [1.807, 2.05) is 18.3 Å². The Bertz CT molecular complexity index is 785. The molecule has 1 saturated heterocycles. The molecular weight excluding hydrogens is 397 g/mol. The molecule has 2 heterocycles. The molecule has 6 heteroatoms. The molecule has 2 aromatic rings. The van der Waals surface area contributed by atoms with Gasteiger partial charge in [0.2, 0.25) is 0 Å². The number of benzene rings is 1. The Labute approximate surface area is 183 Å². The van der Waals surface area contributed by atoms with E-state index < -0.39 is 0 Å². The standard InChI is InChI=1S/C24H32FN3OS/c1-30-27-23-12-14-28(24-7-2-3-13-26-24)16-20(23)17-29-22-10-8-18(9-11-22)19-5-4-6-21(25)15-19/h2-7,13,15,18,20,22-23,27H,8-12,14,16-17H2,1H3/t18?,20-,22?,23-/m0/s1. The van der Waals surface area contributed by atoms with Crippen LogP contribution in [-0.2, 0) is 4.74 Å². The van der Waals surface area contributed by atoms with E-state index in [1.54, 1.807) is 18.0 Å². The summed E-state index contributed by atoms with van der Waals surface area (Å²) in [5, 5.41) is 0. The summed E-state index contributed by atoms with van der Waals surface area (Å²) in [5.41, 5.74) is 1.14. The highest BCUT2D eigenvalue weighted by Crippen LogP contribution is 2.35. The normalized spacial score (nSPS) is 27.2. The third kappa shape index (κ3) is 5.54. The largest absolute Gasteiger partial charge is 0.378 e. The fourth-order valence-electron chi connectivity index (χ4n) is 4.84. The minimum Gasteiger partial charge on any atom is -0.378 e. The van der Waals surface area contributed by atoms with Crippen LogP contribution in [0.5, 0.6) is 0 Å². The van der Waals surface area contributed by atoms with Crippen molar-refractivity contribution in [3.8, 4) is 0 Å². The number of ether oxygens (including phenoxy) is 1. The number of hydrogen-bond acceptors (Lipinski definition) is 5. The summed E-state index contributed by atoms with van der Waals surface area (Å²) in [5.74, 6) is 1.82. The average Bonchev–Trinajstić information content (AvgIpc) is 2.79. The predicted octanol–water partition coefficient (Wildman–Crippen LogP) is 5.03. The van der Waals surface area contributed by atoms with Crippen molar-refractivity contribution in [1.29, 1.82) is 0 Å². The van der Waals surface area contributed by atoms with Gasteiger partial charge in [-0.05, 0) is 74.1 Å². The zero-order chi connectivity index (χ0) is 20.8. The maximum Gasteiger partial charge on any atom is 0.128 e. The number of pyridine rings is 1. The van der Waals surface area contributed by atoms with Gasteiger partial charge in [-0.25, -0.2) is 9.37 Å². The van der Waals surface area contributed by atoms with Gasteiger partial charge in [0.15, 0.2) is 0 Å². The van der Waals surface area contributed by atoms with E-state index in [0.29, 0.717) is 24.0 Å². The van der Waals surface area contributed by atoms with Gasteiger partial charge in [0.1, 0.15) is 11.6 Å². The molecule has 1 saturated carbocycles. The van der Waals surface area contributed by atoms with E-state index in [4.69, 9.17) is 4.74 Å². The van der Waals surface area contributed by atoms with Gasteiger partial charge in [-0.15, -0.1) is 0 Å². The van der Waals surface area contributed by atoms with E-state index in [0.717, 1.165) is 63.2 Å². The van der Waals surface area contributed by atoms with Gasteiger partial charge in [-0.3, -0.25) is 4.72 Å². The van der Waals surface area contributed by atoms with E-state index in [2.05, 4.69) is 39.1 Å². The van der Waals surface area contributed by atoms with Gasteiger partial charge in [-0.2, -0.15) is 0 Å². The van der Waals surface area contributed by atoms with Crippen LogP contribution >= 0.6 is 11.9 Å². The Morgan fingerprint density at radius 1 is 1.13 bits per heavy atom. The fourth-order valence-corrected chi connectivity index (χ4v) is 5.45. The molecule has 4 nitrogen and oxygen atoms in total. The predicted molar refractivity (Wildman–Crippen MR) is 122 cm³/mol. The number of piperidine rings is 1. The SMILES string of the molecule is CSN[C@H]1CCN(c2ccccn2)C[C@H]1COC1CCC(c2cccc(F)c2)CC1. The molecule has 0 amide bonds. The summed E-state index contributed by atoms with van der Waals surface area (Å²) in [6.07, 6.45) is 9.63. The van der Waals surface area contributed by atoms with Crippen LogP contribution in [0.25, 0.3) is 0 Å². The van der Waals surface area contributed by atoms with E-state index in [1.165, 1.54) is 6.07 Å². The quantitative estimate of drug-likeness (QED) is 0.625. The molecule has 0 bridgehead atoms. The number of nitrogens with one attached hydrogen (secondary N) is 1. The third-order valence-electron chi connectivity index (χ3n) is 6.52. The second-order valence-electron chi connectivity index (χ2n) is 8.47. The number of nitrogens with zero attached hydrogens (tertiary/aromatic N) is 2. The van der Waals surface area contributed by atoms with Crippen molar-refractivity contribution < 1.29 is 9.13 Å². The number of hydrogen-bond donors (Lipinski definition) is 1. The lowest BCUT2D eigenvalue weighted by Crippen LogP contribution is -2.50. The molecule has 2 fully saturated rings. The Kier molecular flexibility index (Phi) is 7.63. The molecule has 2 aliphatic rings. The number of anilines is 1. The number of rotatable bonds is 7. The lowest BCUT2D eigenvalue weighted by molar-refractivity contribution is -0.00198. The highest BCUT2D eigenvalue weighted by molar-refractivity contribution is 7.96. The third-order valence-corrected chi connectivity index (χ3v) is 7.06. The maximum absolute atomic E-state index is 13.5. The zero-order valence-corrected chi connectivity index (χ0v) is 18.5. The molecular formula is C24H32FN3OS. The van der Waals surface area contributed by atoms with Crippen LogP contribution in [0.15, 0.2) is 48.7 Å². The Morgan fingerprint density at radius 3 is 2.73 bits per heavy atom. The highest BCUT2D eigenvalue weighted by atomic mass is 32.2. The minimum atomic E-state index is -0.132. The molecule has 4 rings (SSSR count). The molecule has 0 spiro atoms. The van der Waals surface area contributed by atoms with Crippen molar-refractivity contribution in [3.63, 3.8) is 0 Å². The molecule has 1 aliphatic heterocycles. The second-order valence-corrected chi connectivity index (χ2v) is 9.12. The molecule has 30 heavy (non-hydrogen) atoms. The van der Waals surface area contributed by atoms with Crippen molar-refractivity contribution in [2.75, 3.05) is 30.9 Å². The molecule has 0 unspecified atom stereocenters. The van der Waals surface area contributed by atoms with Crippen LogP contribution in [0.4, 0.5) is 10.2 Å². The topological polar surface area (TPSA) is 37.4 Å². The zero-order valence-electron chi connectivity index (χ0n) is 17.7. The van der Waals surface area contributed by atoms with Crippen LogP contribution in [-0.4, -0.2) is 43.1 Å². The molecule has 1 aliphatic carbocycles. The summed E-state index contributed by atoms with van der Waals surface area (Å²) >= 11 is 1.70. The minimum absolute atomic E-state index is 0.132. The van der Waals surface area contributed by atoms with Crippen molar-refractivity contribution in [2.45, 2.75) is 50.2 Å². The van der Waals surface area contributed by atoms with Gasteiger partial charge in [-0.1, -0.05) is 30.1 Å². The first-order valence-electron chi connectivity index (χ1n) is 11.0. The van der Waals surface area contributed by atoms with Crippen LogP contribution < -0.4 is 9.62 Å². The summed E-state index contributed by atoms with van der Waals surface area (Å²) in [6, 6.07) is 13.7. The van der Waals surface area contributed by atoms with Crippen molar-refractivity contribution >= 4 is 17.8 Å². The first-order chi connectivity index (χ1) is 14.7. The van der Waals surface area contributed by atoms with Crippen molar-refractivity contribution in [3.05, 3.63) is 60.0 Å². The van der Waals surface area contributed by atoms with Crippen LogP contribution in [0.3, 0.4) is 0 Å². The molecule has 2 atom stereocenters. The summed E-state index contributed by atoms with van der Waals surface area (Å²) in [4.78, 5) is 6.92. The molecule has 1 N–H and O–H groups in total. The van der Waals surface area contributed by atoms with Gasteiger partial charge in [0.05, 0.1) is 12.7 Å². The Hall–Kier alpha value is -1.63. The first kappa shape index (κ1) is 21.6. The van der Waals surface area contributed by atoms with Crippen LogP contribution in [0, 0.1) is 11.7 Å². The molecule has 1 aromatic carbocycles. The van der Waals surface area contributed by atoms with Gasteiger partial charge in [0, 0.05) is 31.2 Å². The van der Waals surface area contributed by atoms with Gasteiger partial charge in [0.25, 0.3) is 0 Å². The van der Waals surface area contributed by atoms with Gasteiger partial charge < -0.3 is 9.64 Å². The average molecular weight is 430 g/mol. The molecule has 162 valence electrons.